The molecule has 3 N–H and O–H groups in total. The number of hydrogen-bond acceptors (Lipinski definition) is 7. The molecule has 35 heavy (non-hydrogen) atoms. The number of aliphatic imine (C=N–C) groups is 1. The van der Waals surface area contributed by atoms with Crippen LogP contribution in [0.1, 0.15) is 24.2 Å². The molecule has 0 saturated heterocycles. The van der Waals surface area contributed by atoms with Gasteiger partial charge in [0.25, 0.3) is 0 Å². The Morgan fingerprint density at radius 3 is 2.14 bits per heavy atom. The lowest BCUT2D eigenvalue weighted by Crippen LogP contribution is -2.34. The highest BCUT2D eigenvalue weighted by molar-refractivity contribution is 5.84. The van der Waals surface area contributed by atoms with Crippen LogP contribution in [0.25, 0.3) is 0 Å². The molecule has 7 nitrogen and oxygen atoms in total. The first kappa shape index (κ1) is 24.6. The molecule has 0 bridgehead atoms. The lowest BCUT2D eigenvalue weighted by Gasteiger charge is -2.18. The van der Waals surface area contributed by atoms with E-state index in [1.165, 1.54) is 0 Å². The summed E-state index contributed by atoms with van der Waals surface area (Å²) >= 11 is 0. The molecule has 1 aliphatic rings. The monoisotopic (exact) mass is 475 g/mol. The molecule has 0 amide bonds. The van der Waals surface area contributed by atoms with Gasteiger partial charge in [-0.2, -0.15) is 0 Å². The van der Waals surface area contributed by atoms with Gasteiger partial charge in [0.1, 0.15) is 42.9 Å². The van der Waals surface area contributed by atoms with E-state index in [-0.39, 0.29) is 6.04 Å². The summed E-state index contributed by atoms with van der Waals surface area (Å²) in [7, 11) is 0. The fourth-order valence-electron chi connectivity index (χ4n) is 3.57. The van der Waals surface area contributed by atoms with Crippen LogP contribution in [0.2, 0.25) is 0 Å². The lowest BCUT2D eigenvalue weighted by atomic mass is 10.1. The Balaban J connectivity index is 1.14. The summed E-state index contributed by atoms with van der Waals surface area (Å²) in [6.07, 6.45) is -0.615. The Morgan fingerprint density at radius 2 is 1.49 bits per heavy atom. The van der Waals surface area contributed by atoms with E-state index in [0.29, 0.717) is 26.4 Å². The Hall–Kier alpha value is -3.55. The van der Waals surface area contributed by atoms with Crippen molar-refractivity contribution in [3.8, 4) is 17.2 Å². The van der Waals surface area contributed by atoms with Crippen LogP contribution in [0.3, 0.4) is 0 Å². The van der Waals surface area contributed by atoms with Crippen LogP contribution < -0.4 is 24.8 Å². The quantitative estimate of drug-likeness (QED) is 0.349. The number of aliphatic hydroxyl groups excluding tert-OH is 1. The van der Waals surface area contributed by atoms with Gasteiger partial charge in [-0.25, -0.2) is 0 Å². The summed E-state index contributed by atoms with van der Waals surface area (Å²) in [4.78, 5) is 4.31. The summed E-state index contributed by atoms with van der Waals surface area (Å²) in [5, 5.41) is 17.1. The molecule has 0 radical (unpaired) electrons. The SMILES string of the molecule is CC(COc1ccc(OCC2=NCCN2)cc1)NCC(O)c1ccc(OCc2ccccc2)cc1. The molecule has 0 fully saturated rings. The molecular formula is C28H33N3O4. The van der Waals surface area contributed by atoms with Gasteiger partial charge in [-0.05, 0) is 54.4 Å². The van der Waals surface area contributed by atoms with Crippen molar-refractivity contribution in [3.63, 3.8) is 0 Å². The Labute approximate surface area is 206 Å². The lowest BCUT2D eigenvalue weighted by molar-refractivity contribution is 0.163. The van der Waals surface area contributed by atoms with E-state index in [1.54, 1.807) is 0 Å². The average Bonchev–Trinajstić information content (AvgIpc) is 3.43. The molecule has 184 valence electrons. The van der Waals surface area contributed by atoms with Crippen molar-refractivity contribution < 1.29 is 19.3 Å². The van der Waals surface area contributed by atoms with Crippen LogP contribution in [-0.4, -0.2) is 49.8 Å². The number of amidine groups is 1. The van der Waals surface area contributed by atoms with Crippen LogP contribution in [-0.2, 0) is 6.61 Å². The minimum Gasteiger partial charge on any atom is -0.492 e. The largest absolute Gasteiger partial charge is 0.492 e. The van der Waals surface area contributed by atoms with Gasteiger partial charge in [0, 0.05) is 19.1 Å². The number of ether oxygens (including phenoxy) is 3. The first-order valence-electron chi connectivity index (χ1n) is 12.0. The zero-order valence-electron chi connectivity index (χ0n) is 20.0. The van der Waals surface area contributed by atoms with Crippen LogP contribution in [0, 0.1) is 0 Å². The molecule has 7 heteroatoms. The third-order valence-electron chi connectivity index (χ3n) is 5.62. The van der Waals surface area contributed by atoms with Gasteiger partial charge in [-0.1, -0.05) is 42.5 Å². The van der Waals surface area contributed by atoms with Gasteiger partial charge in [0.15, 0.2) is 0 Å². The van der Waals surface area contributed by atoms with Gasteiger partial charge in [-0.3, -0.25) is 4.99 Å². The number of nitrogens with one attached hydrogen (secondary N) is 2. The number of aliphatic hydroxyl groups is 1. The van der Waals surface area contributed by atoms with Gasteiger partial charge in [-0.15, -0.1) is 0 Å². The van der Waals surface area contributed by atoms with E-state index in [4.69, 9.17) is 14.2 Å². The Kier molecular flexibility index (Phi) is 8.98. The molecule has 1 heterocycles. The summed E-state index contributed by atoms with van der Waals surface area (Å²) in [5.74, 6) is 3.22. The second-order valence-electron chi connectivity index (χ2n) is 8.49. The Bertz CT molecular complexity index is 1060. The molecule has 4 rings (SSSR count). The minimum absolute atomic E-state index is 0.0699. The fraction of sp³-hybridized carbons (Fsp3) is 0.321. The van der Waals surface area contributed by atoms with E-state index in [2.05, 4.69) is 15.6 Å². The van der Waals surface area contributed by atoms with Crippen molar-refractivity contribution >= 4 is 5.84 Å². The predicted molar refractivity (Wildman–Crippen MR) is 137 cm³/mol. The molecule has 2 unspecified atom stereocenters. The van der Waals surface area contributed by atoms with Gasteiger partial charge >= 0.3 is 0 Å². The third-order valence-corrected chi connectivity index (χ3v) is 5.62. The normalized spacial score (nSPS) is 14.5. The Morgan fingerprint density at radius 1 is 0.857 bits per heavy atom. The molecule has 2 atom stereocenters. The smallest absolute Gasteiger partial charge is 0.145 e. The molecule has 3 aromatic rings. The van der Waals surface area contributed by atoms with Crippen molar-refractivity contribution in [2.75, 3.05) is 32.8 Å². The highest BCUT2D eigenvalue weighted by Crippen LogP contribution is 2.20. The van der Waals surface area contributed by atoms with Gasteiger partial charge in [0.05, 0.1) is 12.6 Å². The van der Waals surface area contributed by atoms with Crippen LogP contribution in [0.15, 0.2) is 83.9 Å². The molecule has 3 aromatic carbocycles. The van der Waals surface area contributed by atoms with Crippen molar-refractivity contribution in [1.29, 1.82) is 0 Å². The van der Waals surface area contributed by atoms with Crippen molar-refractivity contribution in [2.24, 2.45) is 4.99 Å². The van der Waals surface area contributed by atoms with E-state index in [1.807, 2.05) is 85.8 Å². The number of hydrogen-bond donors (Lipinski definition) is 3. The molecule has 0 spiro atoms. The van der Waals surface area contributed by atoms with Crippen molar-refractivity contribution in [2.45, 2.75) is 25.7 Å². The highest BCUT2D eigenvalue weighted by atomic mass is 16.5. The second kappa shape index (κ2) is 12.8. The molecular weight excluding hydrogens is 442 g/mol. The molecule has 0 saturated carbocycles. The number of benzene rings is 3. The highest BCUT2D eigenvalue weighted by Gasteiger charge is 2.11. The topological polar surface area (TPSA) is 84.3 Å². The number of nitrogens with zero attached hydrogens (tertiary/aromatic N) is 1. The van der Waals surface area contributed by atoms with Gasteiger partial charge in [0.2, 0.25) is 0 Å². The van der Waals surface area contributed by atoms with E-state index >= 15 is 0 Å². The van der Waals surface area contributed by atoms with Crippen LogP contribution in [0.5, 0.6) is 17.2 Å². The third kappa shape index (κ3) is 8.02. The molecule has 0 aromatic heterocycles. The zero-order chi connectivity index (χ0) is 24.3. The first-order chi connectivity index (χ1) is 17.2. The summed E-state index contributed by atoms with van der Waals surface area (Å²) < 4.78 is 17.4. The fourth-order valence-corrected chi connectivity index (χ4v) is 3.57. The standard InChI is InChI=1S/C28H33N3O4/c1-21(18-33-25-11-13-26(14-12-25)35-20-28-29-15-16-30-28)31-17-27(32)23-7-9-24(10-8-23)34-19-22-5-3-2-4-6-22/h2-14,21,27,31-32H,15-20H2,1H3,(H,29,30). The minimum atomic E-state index is -0.615. The van der Waals surface area contributed by atoms with Crippen LogP contribution >= 0.6 is 0 Å². The van der Waals surface area contributed by atoms with E-state index in [9.17, 15) is 5.11 Å². The molecule has 0 aliphatic carbocycles. The number of rotatable bonds is 13. The second-order valence-corrected chi connectivity index (χ2v) is 8.49. The van der Waals surface area contributed by atoms with E-state index in [0.717, 1.165) is 47.3 Å². The summed E-state index contributed by atoms with van der Waals surface area (Å²) in [6, 6.07) is 25.2. The van der Waals surface area contributed by atoms with E-state index < -0.39 is 6.10 Å². The van der Waals surface area contributed by atoms with Crippen molar-refractivity contribution in [3.05, 3.63) is 90.0 Å². The maximum Gasteiger partial charge on any atom is 0.145 e. The zero-order valence-corrected chi connectivity index (χ0v) is 20.0. The maximum absolute atomic E-state index is 10.5. The summed E-state index contributed by atoms with van der Waals surface area (Å²) in [6.45, 7) is 5.60. The van der Waals surface area contributed by atoms with Gasteiger partial charge < -0.3 is 30.0 Å². The maximum atomic E-state index is 10.5. The van der Waals surface area contributed by atoms with Crippen molar-refractivity contribution in [1.82, 2.24) is 10.6 Å². The first-order valence-corrected chi connectivity index (χ1v) is 12.0. The summed E-state index contributed by atoms with van der Waals surface area (Å²) in [5.41, 5.74) is 1.96. The van der Waals surface area contributed by atoms with Crippen LogP contribution in [0.4, 0.5) is 0 Å². The average molecular weight is 476 g/mol. The molecule has 1 aliphatic heterocycles. The predicted octanol–water partition coefficient (Wildman–Crippen LogP) is 3.74.